The fourth-order valence-electron chi connectivity index (χ4n) is 6.43. The van der Waals surface area contributed by atoms with E-state index in [0.717, 1.165) is 57.3 Å². The van der Waals surface area contributed by atoms with E-state index >= 15 is 0 Å². The highest BCUT2D eigenvalue weighted by molar-refractivity contribution is 7.51. The van der Waals surface area contributed by atoms with Gasteiger partial charge >= 0.3 is 7.60 Å². The molecule has 1 unspecified atom stereocenters. The monoisotopic (exact) mass is 586 g/mol. The molecule has 41 heavy (non-hydrogen) atoms. The normalized spacial score (nSPS) is 20.3. The Morgan fingerprint density at radius 1 is 1.00 bits per heavy atom. The van der Waals surface area contributed by atoms with Gasteiger partial charge in [0, 0.05) is 57.4 Å². The van der Waals surface area contributed by atoms with Gasteiger partial charge in [0.25, 0.3) is 0 Å². The van der Waals surface area contributed by atoms with Gasteiger partial charge in [-0.1, -0.05) is 37.5 Å². The number of nitrogen functional groups attached to an aromatic ring is 1. The van der Waals surface area contributed by atoms with E-state index in [1.165, 1.54) is 48.8 Å². The average molecular weight is 587 g/mol. The number of rotatable bonds is 13. The zero-order chi connectivity index (χ0) is 28.7. The minimum atomic E-state index is -3.98. The van der Waals surface area contributed by atoms with Crippen molar-refractivity contribution in [1.82, 2.24) is 25.5 Å². The second-order valence-corrected chi connectivity index (χ2v) is 13.5. The van der Waals surface area contributed by atoms with Crippen LogP contribution in [0.25, 0.3) is 0 Å². The Hall–Kier alpha value is -2.27. The zero-order valence-corrected chi connectivity index (χ0v) is 25.0. The first-order chi connectivity index (χ1) is 19.8. The van der Waals surface area contributed by atoms with Crippen LogP contribution in [0.5, 0.6) is 0 Å². The summed E-state index contributed by atoms with van der Waals surface area (Å²) in [7, 11) is -3.98. The molecule has 11 nitrogen and oxygen atoms in total. The summed E-state index contributed by atoms with van der Waals surface area (Å²) in [5.74, 6) is 1.71. The predicted octanol–water partition coefficient (Wildman–Crippen LogP) is 2.86. The molecule has 2 aliphatic carbocycles. The number of piperazine rings is 1. The highest BCUT2D eigenvalue weighted by Crippen LogP contribution is 2.34. The molecular formula is C29H47N8O3P. The highest BCUT2D eigenvalue weighted by atomic mass is 31.2. The smallest absolute Gasteiger partial charge is 0.326 e. The van der Waals surface area contributed by atoms with Gasteiger partial charge < -0.3 is 36.4 Å². The fraction of sp³-hybridized carbons (Fsp3) is 0.655. The molecule has 2 fully saturated rings. The number of nitrogens with two attached hydrogens (primary N) is 1. The van der Waals surface area contributed by atoms with Gasteiger partial charge in [0.1, 0.15) is 11.6 Å². The number of nitrogens with zero attached hydrogens (tertiary/aromatic N) is 4. The van der Waals surface area contributed by atoms with E-state index in [9.17, 15) is 4.57 Å². The summed E-state index contributed by atoms with van der Waals surface area (Å²) >= 11 is 0. The van der Waals surface area contributed by atoms with Crippen LogP contribution in [0, 0.1) is 0 Å². The maximum atomic E-state index is 11.2. The summed E-state index contributed by atoms with van der Waals surface area (Å²) in [6.45, 7) is 6.03. The van der Waals surface area contributed by atoms with Crippen LogP contribution in [0.2, 0.25) is 0 Å². The number of aromatic nitrogens is 2. The Labute approximate surface area is 243 Å². The van der Waals surface area contributed by atoms with E-state index < -0.39 is 7.60 Å². The first kappa shape index (κ1) is 30.2. The molecule has 0 bridgehead atoms. The third kappa shape index (κ3) is 8.86. The van der Waals surface area contributed by atoms with E-state index in [4.69, 9.17) is 20.5 Å². The maximum absolute atomic E-state index is 11.2. The van der Waals surface area contributed by atoms with Crippen LogP contribution in [0.1, 0.15) is 67.7 Å². The standard InChI is InChI=1S/C29H47N8O3P/c30-27-20-28(37-16-14-36(15-17-37)18-19-41(38,39)40)35-29(34-27)33-21-22-6-4-9-25-24(22)10-11-26(25)32-13-5-12-31-23-7-2-1-3-8-23/h4,6,9,20,23,26,31-32H,1-3,5,7-8,10-19,21H2,(H2,38,39,40)(H3,30,33,34,35). The van der Waals surface area contributed by atoms with E-state index in [1.807, 2.05) is 0 Å². The van der Waals surface area contributed by atoms with Gasteiger partial charge in [0.05, 0.1) is 6.16 Å². The third-order valence-electron chi connectivity index (χ3n) is 8.72. The van der Waals surface area contributed by atoms with Gasteiger partial charge in [-0.15, -0.1) is 0 Å². The van der Waals surface area contributed by atoms with Gasteiger partial charge in [-0.3, -0.25) is 9.46 Å². The molecule has 7 N–H and O–H groups in total. The lowest BCUT2D eigenvalue weighted by atomic mass is 9.95. The molecule has 12 heteroatoms. The van der Waals surface area contributed by atoms with Crippen molar-refractivity contribution in [3.8, 4) is 0 Å². The molecule has 0 amide bonds. The Morgan fingerprint density at radius 3 is 2.56 bits per heavy atom. The summed E-state index contributed by atoms with van der Waals surface area (Å²) in [4.78, 5) is 31.7. The zero-order valence-electron chi connectivity index (χ0n) is 24.1. The van der Waals surface area contributed by atoms with Crippen molar-refractivity contribution in [3.05, 3.63) is 41.0 Å². The number of hydrogen-bond acceptors (Lipinski definition) is 9. The molecule has 1 atom stereocenters. The van der Waals surface area contributed by atoms with Crippen LogP contribution >= 0.6 is 7.60 Å². The third-order valence-corrected chi connectivity index (χ3v) is 9.51. The van der Waals surface area contributed by atoms with Crippen molar-refractivity contribution in [2.75, 3.05) is 67.9 Å². The maximum Gasteiger partial charge on any atom is 0.326 e. The van der Waals surface area contributed by atoms with Crippen molar-refractivity contribution in [3.63, 3.8) is 0 Å². The van der Waals surface area contributed by atoms with Crippen molar-refractivity contribution in [2.45, 2.75) is 70.0 Å². The predicted molar refractivity (Wildman–Crippen MR) is 164 cm³/mol. The Kier molecular flexibility index (Phi) is 10.5. The highest BCUT2D eigenvalue weighted by Gasteiger charge is 2.25. The van der Waals surface area contributed by atoms with Crippen LogP contribution in [0.4, 0.5) is 17.6 Å². The largest absolute Gasteiger partial charge is 0.383 e. The van der Waals surface area contributed by atoms with E-state index in [-0.39, 0.29) is 6.16 Å². The minimum Gasteiger partial charge on any atom is -0.383 e. The molecule has 0 spiro atoms. The second kappa shape index (κ2) is 14.3. The summed E-state index contributed by atoms with van der Waals surface area (Å²) in [6.07, 6.45) is 10.1. The molecule has 226 valence electrons. The van der Waals surface area contributed by atoms with E-state index in [1.54, 1.807) is 6.07 Å². The SMILES string of the molecule is Nc1cc(N2CCN(CCP(=O)(O)O)CC2)nc(NCc2cccc3c2CCC3NCCCNC2CCCCC2)n1. The van der Waals surface area contributed by atoms with Crippen molar-refractivity contribution in [2.24, 2.45) is 0 Å². The van der Waals surface area contributed by atoms with Crippen molar-refractivity contribution in [1.29, 1.82) is 0 Å². The van der Waals surface area contributed by atoms with Crippen molar-refractivity contribution >= 4 is 25.2 Å². The quantitative estimate of drug-likeness (QED) is 0.152. The number of benzene rings is 1. The van der Waals surface area contributed by atoms with Gasteiger partial charge in [-0.25, -0.2) is 0 Å². The van der Waals surface area contributed by atoms with Gasteiger partial charge in [-0.05, 0) is 61.9 Å². The van der Waals surface area contributed by atoms with Crippen molar-refractivity contribution < 1.29 is 14.4 Å². The molecular weight excluding hydrogens is 539 g/mol. The summed E-state index contributed by atoms with van der Waals surface area (Å²) in [5.41, 5.74) is 10.3. The molecule has 1 aromatic heterocycles. The van der Waals surface area contributed by atoms with Crippen LogP contribution in [-0.2, 0) is 17.5 Å². The molecule has 1 saturated carbocycles. The second-order valence-electron chi connectivity index (χ2n) is 11.7. The first-order valence-corrected chi connectivity index (χ1v) is 17.1. The molecule has 3 aliphatic rings. The van der Waals surface area contributed by atoms with E-state index in [2.05, 4.69) is 48.9 Å². The lowest BCUT2D eigenvalue weighted by Gasteiger charge is -2.35. The van der Waals surface area contributed by atoms with E-state index in [0.29, 0.717) is 44.0 Å². The molecule has 2 aromatic rings. The number of anilines is 3. The molecule has 1 saturated heterocycles. The fourth-order valence-corrected chi connectivity index (χ4v) is 6.97. The minimum absolute atomic E-state index is 0.112. The van der Waals surface area contributed by atoms with Gasteiger partial charge in [0.2, 0.25) is 5.95 Å². The molecule has 2 heterocycles. The number of fused-ring (bicyclic) bond motifs is 1. The van der Waals surface area contributed by atoms with Crippen LogP contribution in [-0.4, -0.2) is 82.7 Å². The Morgan fingerprint density at radius 2 is 1.78 bits per heavy atom. The summed E-state index contributed by atoms with van der Waals surface area (Å²) in [6, 6.07) is 9.53. The Balaban J connectivity index is 1.10. The number of nitrogens with one attached hydrogen (secondary N) is 3. The lowest BCUT2D eigenvalue weighted by Crippen LogP contribution is -2.47. The molecule has 1 aromatic carbocycles. The van der Waals surface area contributed by atoms with Gasteiger partial charge in [-0.2, -0.15) is 9.97 Å². The molecule has 0 radical (unpaired) electrons. The average Bonchev–Trinajstić information content (AvgIpc) is 3.38. The molecule has 1 aliphatic heterocycles. The van der Waals surface area contributed by atoms with Gasteiger partial charge in [0.15, 0.2) is 0 Å². The van der Waals surface area contributed by atoms with Crippen LogP contribution in [0.3, 0.4) is 0 Å². The summed E-state index contributed by atoms with van der Waals surface area (Å²) in [5, 5.41) is 11.0. The van der Waals surface area contributed by atoms with Crippen LogP contribution < -0.4 is 26.6 Å². The first-order valence-electron chi connectivity index (χ1n) is 15.3. The number of hydrogen-bond donors (Lipinski definition) is 6. The topological polar surface area (TPSA) is 152 Å². The lowest BCUT2D eigenvalue weighted by molar-refractivity contribution is 0.264. The Bertz CT molecular complexity index is 1180. The molecule has 5 rings (SSSR count). The van der Waals surface area contributed by atoms with Crippen LogP contribution in [0.15, 0.2) is 24.3 Å². The summed E-state index contributed by atoms with van der Waals surface area (Å²) < 4.78 is 11.2.